The molecule has 5 heteroatoms. The number of nitrogens with zero attached hydrogens (tertiary/aromatic N) is 3. The molecule has 0 spiro atoms. The van der Waals surface area contributed by atoms with Crippen LogP contribution >= 0.6 is 0 Å². The van der Waals surface area contributed by atoms with Crippen LogP contribution in [0.1, 0.15) is 28.8 Å². The molecule has 5 nitrogen and oxygen atoms in total. The lowest BCUT2D eigenvalue weighted by atomic mass is 10.1. The van der Waals surface area contributed by atoms with Crippen molar-refractivity contribution in [2.45, 2.75) is 25.4 Å². The molecule has 2 aromatic heterocycles. The number of carbonyl (C=O) groups excluding carboxylic acids is 1. The molecule has 0 saturated heterocycles. The number of rotatable bonds is 5. The quantitative estimate of drug-likeness (QED) is 0.512. The summed E-state index contributed by atoms with van der Waals surface area (Å²) >= 11 is 0. The van der Waals surface area contributed by atoms with Crippen molar-refractivity contribution in [3.05, 3.63) is 84.2 Å². The van der Waals surface area contributed by atoms with Gasteiger partial charge in [0.1, 0.15) is 5.52 Å². The first-order chi connectivity index (χ1) is 13.8. The first-order valence-electron chi connectivity index (χ1n) is 9.44. The predicted octanol–water partition coefficient (Wildman–Crippen LogP) is 4.69. The van der Waals surface area contributed by atoms with Gasteiger partial charge in [-0.1, -0.05) is 35.5 Å². The Bertz CT molecular complexity index is 1120. The van der Waals surface area contributed by atoms with Gasteiger partial charge in [-0.2, -0.15) is 0 Å². The molecule has 2 heterocycles. The van der Waals surface area contributed by atoms with Gasteiger partial charge in [0.25, 0.3) is 5.91 Å². The minimum Gasteiger partial charge on any atom is -0.355 e. The van der Waals surface area contributed by atoms with Crippen molar-refractivity contribution in [2.75, 3.05) is 0 Å². The summed E-state index contributed by atoms with van der Waals surface area (Å²) in [4.78, 5) is 19.3. The summed E-state index contributed by atoms with van der Waals surface area (Å²) in [5.74, 6) is 0.735. The Hall–Kier alpha value is -3.47. The molecule has 0 atom stereocenters. The zero-order valence-electron chi connectivity index (χ0n) is 15.3. The van der Waals surface area contributed by atoms with E-state index in [1.165, 1.54) is 0 Å². The predicted molar refractivity (Wildman–Crippen MR) is 107 cm³/mol. The van der Waals surface area contributed by atoms with E-state index >= 15 is 0 Å². The number of hydrogen-bond acceptors (Lipinski definition) is 4. The van der Waals surface area contributed by atoms with Gasteiger partial charge >= 0.3 is 0 Å². The van der Waals surface area contributed by atoms with Crippen LogP contribution in [0.4, 0.5) is 0 Å². The topological polar surface area (TPSA) is 59.2 Å². The summed E-state index contributed by atoms with van der Waals surface area (Å²) in [5, 5.41) is 5.01. The number of benzene rings is 2. The van der Waals surface area contributed by atoms with E-state index in [2.05, 4.69) is 10.1 Å². The minimum atomic E-state index is 0.0430. The minimum absolute atomic E-state index is 0.0430. The Morgan fingerprint density at radius 3 is 2.57 bits per heavy atom. The van der Waals surface area contributed by atoms with Crippen LogP contribution in [-0.4, -0.2) is 27.0 Å². The standard InChI is InChI=1S/C23H19N3O2/c27-23(26(19-7-8-19)15-16-10-12-24-13-11-16)18-6-9-21-20(14-18)22(28-25-21)17-4-2-1-3-5-17/h1-6,9-14,19H,7-8,15H2. The number of hydrogen-bond donors (Lipinski definition) is 0. The van der Waals surface area contributed by atoms with Crippen molar-refractivity contribution < 1.29 is 9.32 Å². The molecule has 138 valence electrons. The molecule has 1 aliphatic rings. The molecular formula is C23H19N3O2. The van der Waals surface area contributed by atoms with E-state index in [-0.39, 0.29) is 5.91 Å². The van der Waals surface area contributed by atoms with E-state index in [0.29, 0.717) is 23.9 Å². The van der Waals surface area contributed by atoms with Gasteiger partial charge < -0.3 is 9.42 Å². The monoisotopic (exact) mass is 369 g/mol. The molecular weight excluding hydrogens is 350 g/mol. The molecule has 28 heavy (non-hydrogen) atoms. The highest BCUT2D eigenvalue weighted by atomic mass is 16.5. The largest absolute Gasteiger partial charge is 0.355 e. The second-order valence-electron chi connectivity index (χ2n) is 7.13. The van der Waals surface area contributed by atoms with Gasteiger partial charge in [-0.25, -0.2) is 0 Å². The number of fused-ring (bicyclic) bond motifs is 1. The number of carbonyl (C=O) groups is 1. The van der Waals surface area contributed by atoms with Gasteiger partial charge in [0.15, 0.2) is 5.76 Å². The van der Waals surface area contributed by atoms with E-state index in [9.17, 15) is 4.79 Å². The molecule has 0 radical (unpaired) electrons. The fourth-order valence-corrected chi connectivity index (χ4v) is 3.48. The molecule has 1 aliphatic carbocycles. The number of amides is 1. The number of pyridine rings is 1. The van der Waals surface area contributed by atoms with Crippen LogP contribution in [0.15, 0.2) is 77.6 Å². The van der Waals surface area contributed by atoms with Gasteiger partial charge in [-0.3, -0.25) is 9.78 Å². The van der Waals surface area contributed by atoms with Crippen LogP contribution in [0.25, 0.3) is 22.2 Å². The van der Waals surface area contributed by atoms with Gasteiger partial charge in [0.2, 0.25) is 0 Å². The molecule has 1 amide bonds. The molecule has 0 aliphatic heterocycles. The third-order valence-corrected chi connectivity index (χ3v) is 5.11. The smallest absolute Gasteiger partial charge is 0.254 e. The van der Waals surface area contributed by atoms with Crippen molar-refractivity contribution in [1.29, 1.82) is 0 Å². The molecule has 0 N–H and O–H groups in total. The average Bonchev–Trinajstić information content (AvgIpc) is 3.51. The Kier molecular flexibility index (Phi) is 4.13. The molecule has 5 rings (SSSR count). The summed E-state index contributed by atoms with van der Waals surface area (Å²) in [6.07, 6.45) is 5.64. The van der Waals surface area contributed by atoms with E-state index in [1.54, 1.807) is 12.4 Å². The Balaban J connectivity index is 1.50. The van der Waals surface area contributed by atoms with Gasteiger partial charge in [0, 0.05) is 36.1 Å². The van der Waals surface area contributed by atoms with Gasteiger partial charge in [-0.15, -0.1) is 0 Å². The van der Waals surface area contributed by atoms with Crippen molar-refractivity contribution in [1.82, 2.24) is 15.0 Å². The van der Waals surface area contributed by atoms with Crippen LogP contribution in [0.5, 0.6) is 0 Å². The van der Waals surface area contributed by atoms with Crippen molar-refractivity contribution in [3.63, 3.8) is 0 Å². The average molecular weight is 369 g/mol. The lowest BCUT2D eigenvalue weighted by molar-refractivity contribution is 0.0730. The molecule has 0 unspecified atom stereocenters. The van der Waals surface area contributed by atoms with Crippen molar-refractivity contribution in [3.8, 4) is 11.3 Å². The molecule has 4 aromatic rings. The van der Waals surface area contributed by atoms with E-state index in [4.69, 9.17) is 4.52 Å². The highest BCUT2D eigenvalue weighted by Crippen LogP contribution is 2.32. The lowest BCUT2D eigenvalue weighted by Gasteiger charge is -2.22. The third kappa shape index (κ3) is 3.16. The van der Waals surface area contributed by atoms with Crippen molar-refractivity contribution in [2.24, 2.45) is 0 Å². The highest BCUT2D eigenvalue weighted by molar-refractivity contribution is 6.01. The summed E-state index contributed by atoms with van der Waals surface area (Å²) < 4.78 is 5.57. The fraction of sp³-hybridized carbons (Fsp3) is 0.174. The second kappa shape index (κ2) is 6.93. The Morgan fingerprint density at radius 2 is 1.82 bits per heavy atom. The first-order valence-corrected chi connectivity index (χ1v) is 9.44. The Morgan fingerprint density at radius 1 is 1.04 bits per heavy atom. The third-order valence-electron chi connectivity index (χ3n) is 5.11. The van der Waals surface area contributed by atoms with Crippen molar-refractivity contribution >= 4 is 16.8 Å². The molecule has 1 saturated carbocycles. The Labute approximate surface area is 162 Å². The van der Waals surface area contributed by atoms with E-state index in [0.717, 1.165) is 34.9 Å². The summed E-state index contributed by atoms with van der Waals surface area (Å²) in [6.45, 7) is 0.596. The molecule has 0 bridgehead atoms. The summed E-state index contributed by atoms with van der Waals surface area (Å²) in [6, 6.07) is 19.7. The zero-order valence-corrected chi connectivity index (χ0v) is 15.3. The van der Waals surface area contributed by atoms with Crippen LogP contribution in [0.3, 0.4) is 0 Å². The maximum absolute atomic E-state index is 13.3. The number of aromatic nitrogens is 2. The maximum atomic E-state index is 13.3. The van der Waals surface area contributed by atoms with Gasteiger partial charge in [-0.05, 0) is 48.7 Å². The van der Waals surface area contributed by atoms with Crippen LogP contribution in [-0.2, 0) is 6.54 Å². The maximum Gasteiger partial charge on any atom is 0.254 e. The first kappa shape index (κ1) is 16.7. The summed E-state index contributed by atoms with van der Waals surface area (Å²) in [5.41, 5.74) is 3.45. The molecule has 1 fully saturated rings. The highest BCUT2D eigenvalue weighted by Gasteiger charge is 2.33. The second-order valence-corrected chi connectivity index (χ2v) is 7.13. The summed E-state index contributed by atoms with van der Waals surface area (Å²) in [7, 11) is 0. The SMILES string of the molecule is O=C(c1ccc2noc(-c3ccccc3)c2c1)N(Cc1ccncc1)C1CC1. The van der Waals surface area contributed by atoms with E-state index < -0.39 is 0 Å². The zero-order chi connectivity index (χ0) is 18.9. The van der Waals surface area contributed by atoms with E-state index in [1.807, 2.05) is 65.6 Å². The molecule has 2 aromatic carbocycles. The lowest BCUT2D eigenvalue weighted by Crippen LogP contribution is -2.32. The fourth-order valence-electron chi connectivity index (χ4n) is 3.48. The van der Waals surface area contributed by atoms with Gasteiger partial charge in [0.05, 0.1) is 5.39 Å². The van der Waals surface area contributed by atoms with Crippen LogP contribution in [0, 0.1) is 0 Å². The van der Waals surface area contributed by atoms with Crippen LogP contribution in [0.2, 0.25) is 0 Å². The normalized spacial score (nSPS) is 13.6. The van der Waals surface area contributed by atoms with Crippen LogP contribution < -0.4 is 0 Å².